The first-order valence-electron chi connectivity index (χ1n) is 5.49. The summed E-state index contributed by atoms with van der Waals surface area (Å²) in [5.41, 5.74) is 6.78. The Bertz CT molecular complexity index is 331. The summed E-state index contributed by atoms with van der Waals surface area (Å²) >= 11 is 0. The minimum atomic E-state index is -0.474. The van der Waals surface area contributed by atoms with E-state index in [0.29, 0.717) is 6.42 Å². The van der Waals surface area contributed by atoms with Gasteiger partial charge in [-0.25, -0.2) is 4.98 Å². The summed E-state index contributed by atoms with van der Waals surface area (Å²) in [7, 11) is 0. The molecule has 0 spiro atoms. The van der Waals surface area contributed by atoms with Crippen LogP contribution in [0.1, 0.15) is 5.69 Å². The molecule has 0 saturated carbocycles. The van der Waals surface area contributed by atoms with Crippen molar-refractivity contribution < 1.29 is 4.79 Å². The maximum atomic E-state index is 12.0. The number of hydrogen-bond acceptors (Lipinski definition) is 4. The molecule has 88 valence electrons. The number of nitrogens with one attached hydrogen (secondary N) is 2. The molecule has 1 atom stereocenters. The lowest BCUT2D eigenvalue weighted by Gasteiger charge is -2.29. The highest BCUT2D eigenvalue weighted by atomic mass is 16.2. The van der Waals surface area contributed by atoms with Crippen molar-refractivity contribution in [3.05, 3.63) is 18.2 Å². The maximum Gasteiger partial charge on any atom is 0.239 e. The number of aromatic nitrogens is 2. The van der Waals surface area contributed by atoms with Gasteiger partial charge in [0.25, 0.3) is 0 Å². The van der Waals surface area contributed by atoms with E-state index >= 15 is 0 Å². The van der Waals surface area contributed by atoms with Crippen LogP contribution < -0.4 is 11.1 Å². The normalized spacial score (nSPS) is 18.4. The highest BCUT2D eigenvalue weighted by Crippen LogP contribution is 2.02. The van der Waals surface area contributed by atoms with Crippen molar-refractivity contribution in [1.29, 1.82) is 0 Å². The number of nitrogens with zero attached hydrogens (tertiary/aromatic N) is 2. The fourth-order valence-electron chi connectivity index (χ4n) is 1.84. The Morgan fingerprint density at radius 2 is 2.31 bits per heavy atom. The highest BCUT2D eigenvalue weighted by Gasteiger charge is 2.22. The minimum absolute atomic E-state index is 0.0242. The van der Waals surface area contributed by atoms with Gasteiger partial charge in [0.15, 0.2) is 0 Å². The van der Waals surface area contributed by atoms with Crippen molar-refractivity contribution in [2.45, 2.75) is 12.5 Å². The Kier molecular flexibility index (Phi) is 3.53. The van der Waals surface area contributed by atoms with Crippen LogP contribution in [0.3, 0.4) is 0 Å². The molecule has 1 aliphatic rings. The number of H-pyrrole nitrogens is 1. The molecule has 1 saturated heterocycles. The van der Waals surface area contributed by atoms with Crippen LogP contribution in [-0.4, -0.2) is 53.0 Å². The van der Waals surface area contributed by atoms with E-state index in [-0.39, 0.29) is 5.91 Å². The molecule has 0 radical (unpaired) electrons. The third kappa shape index (κ3) is 2.59. The summed E-state index contributed by atoms with van der Waals surface area (Å²) in [5.74, 6) is 0.0242. The van der Waals surface area contributed by atoms with Crippen molar-refractivity contribution >= 4 is 5.91 Å². The summed E-state index contributed by atoms with van der Waals surface area (Å²) in [6.45, 7) is 3.19. The summed E-state index contributed by atoms with van der Waals surface area (Å²) in [6.07, 6.45) is 3.81. The summed E-state index contributed by atoms with van der Waals surface area (Å²) < 4.78 is 0. The molecular formula is C10H17N5O. The van der Waals surface area contributed by atoms with Crippen LogP contribution in [0.15, 0.2) is 12.5 Å². The van der Waals surface area contributed by atoms with Gasteiger partial charge in [-0.1, -0.05) is 0 Å². The SMILES string of the molecule is NC(Cc1cnc[nH]1)C(=O)N1CCNCC1. The number of hydrogen-bond donors (Lipinski definition) is 3. The second-order valence-electron chi connectivity index (χ2n) is 3.96. The maximum absolute atomic E-state index is 12.0. The zero-order valence-corrected chi connectivity index (χ0v) is 9.15. The number of piperazine rings is 1. The van der Waals surface area contributed by atoms with Crippen molar-refractivity contribution in [2.24, 2.45) is 5.73 Å². The molecule has 6 heteroatoms. The molecule has 1 aliphatic heterocycles. The van der Waals surface area contributed by atoms with E-state index in [0.717, 1.165) is 31.9 Å². The van der Waals surface area contributed by atoms with Crippen LogP contribution in [0.25, 0.3) is 0 Å². The van der Waals surface area contributed by atoms with Crippen LogP contribution in [0, 0.1) is 0 Å². The van der Waals surface area contributed by atoms with E-state index in [9.17, 15) is 4.79 Å². The zero-order chi connectivity index (χ0) is 11.4. The molecule has 0 aromatic carbocycles. The first-order valence-corrected chi connectivity index (χ1v) is 5.49. The third-order valence-electron chi connectivity index (χ3n) is 2.74. The predicted molar refractivity (Wildman–Crippen MR) is 59.7 cm³/mol. The molecule has 2 heterocycles. The summed E-state index contributed by atoms with van der Waals surface area (Å²) in [6, 6.07) is -0.474. The minimum Gasteiger partial charge on any atom is -0.348 e. The predicted octanol–water partition coefficient (Wildman–Crippen LogP) is -1.29. The second kappa shape index (κ2) is 5.09. The first-order chi connectivity index (χ1) is 7.77. The smallest absolute Gasteiger partial charge is 0.239 e. The standard InChI is InChI=1S/C10H17N5O/c11-9(5-8-6-13-7-14-8)10(16)15-3-1-12-2-4-15/h6-7,9,12H,1-5,11H2,(H,13,14). The van der Waals surface area contributed by atoms with Crippen LogP contribution in [-0.2, 0) is 11.2 Å². The Hall–Kier alpha value is -1.40. The number of nitrogens with two attached hydrogens (primary N) is 1. The van der Waals surface area contributed by atoms with E-state index < -0.39 is 6.04 Å². The van der Waals surface area contributed by atoms with E-state index in [2.05, 4.69) is 15.3 Å². The van der Waals surface area contributed by atoms with Gasteiger partial charge in [-0.3, -0.25) is 4.79 Å². The molecular weight excluding hydrogens is 206 g/mol. The van der Waals surface area contributed by atoms with Gasteiger partial charge in [-0.05, 0) is 0 Å². The lowest BCUT2D eigenvalue weighted by atomic mass is 10.1. The number of carbonyl (C=O) groups is 1. The number of carbonyl (C=O) groups excluding carboxylic acids is 1. The number of imidazole rings is 1. The molecule has 1 amide bonds. The van der Waals surface area contributed by atoms with Gasteiger partial charge >= 0.3 is 0 Å². The summed E-state index contributed by atoms with van der Waals surface area (Å²) in [5, 5.41) is 3.20. The largest absolute Gasteiger partial charge is 0.348 e. The summed E-state index contributed by atoms with van der Waals surface area (Å²) in [4.78, 5) is 20.6. The Morgan fingerprint density at radius 3 is 2.94 bits per heavy atom. The van der Waals surface area contributed by atoms with Crippen molar-refractivity contribution in [3.8, 4) is 0 Å². The fraction of sp³-hybridized carbons (Fsp3) is 0.600. The molecule has 2 rings (SSSR count). The molecule has 6 nitrogen and oxygen atoms in total. The topological polar surface area (TPSA) is 87.0 Å². The first kappa shape index (κ1) is 11.1. The van der Waals surface area contributed by atoms with Crippen molar-refractivity contribution in [1.82, 2.24) is 20.2 Å². The van der Waals surface area contributed by atoms with Gasteiger partial charge in [0.2, 0.25) is 5.91 Å². The molecule has 1 fully saturated rings. The third-order valence-corrected chi connectivity index (χ3v) is 2.74. The average molecular weight is 223 g/mol. The van der Waals surface area contributed by atoms with Crippen LogP contribution >= 0.6 is 0 Å². The van der Waals surface area contributed by atoms with Gasteiger partial charge in [0, 0.05) is 44.5 Å². The monoisotopic (exact) mass is 223 g/mol. The Balaban J connectivity index is 1.88. The second-order valence-corrected chi connectivity index (χ2v) is 3.96. The number of aromatic amines is 1. The van der Waals surface area contributed by atoms with Crippen LogP contribution in [0.5, 0.6) is 0 Å². The quantitative estimate of drug-likeness (QED) is 0.595. The van der Waals surface area contributed by atoms with Gasteiger partial charge in [0.05, 0.1) is 12.4 Å². The molecule has 0 aliphatic carbocycles. The molecule has 16 heavy (non-hydrogen) atoms. The van der Waals surface area contributed by atoms with E-state index in [1.807, 2.05) is 4.90 Å². The fourth-order valence-corrected chi connectivity index (χ4v) is 1.84. The molecule has 1 aromatic heterocycles. The van der Waals surface area contributed by atoms with E-state index in [1.165, 1.54) is 0 Å². The number of amides is 1. The Labute approximate surface area is 94.2 Å². The van der Waals surface area contributed by atoms with Crippen molar-refractivity contribution in [2.75, 3.05) is 26.2 Å². The van der Waals surface area contributed by atoms with Gasteiger partial charge < -0.3 is 20.9 Å². The zero-order valence-electron chi connectivity index (χ0n) is 9.15. The van der Waals surface area contributed by atoms with E-state index in [1.54, 1.807) is 12.5 Å². The molecule has 4 N–H and O–H groups in total. The van der Waals surface area contributed by atoms with Crippen molar-refractivity contribution in [3.63, 3.8) is 0 Å². The average Bonchev–Trinajstić information content (AvgIpc) is 2.82. The van der Waals surface area contributed by atoms with Gasteiger partial charge in [-0.2, -0.15) is 0 Å². The molecule has 1 aromatic rings. The van der Waals surface area contributed by atoms with Crippen LogP contribution in [0.2, 0.25) is 0 Å². The lowest BCUT2D eigenvalue weighted by Crippen LogP contribution is -2.52. The number of rotatable bonds is 3. The molecule has 0 bridgehead atoms. The highest BCUT2D eigenvalue weighted by molar-refractivity contribution is 5.82. The molecule has 1 unspecified atom stereocenters. The Morgan fingerprint density at radius 1 is 1.56 bits per heavy atom. The van der Waals surface area contributed by atoms with E-state index in [4.69, 9.17) is 5.73 Å². The van der Waals surface area contributed by atoms with Gasteiger partial charge in [-0.15, -0.1) is 0 Å². The van der Waals surface area contributed by atoms with Crippen LogP contribution in [0.4, 0.5) is 0 Å². The van der Waals surface area contributed by atoms with Gasteiger partial charge in [0.1, 0.15) is 0 Å². The lowest BCUT2D eigenvalue weighted by molar-refractivity contribution is -0.133.